The third-order valence-electron chi connectivity index (χ3n) is 2.21. The highest BCUT2D eigenvalue weighted by Gasteiger charge is 2.10. The first-order chi connectivity index (χ1) is 6.59. The standard InChI is InChI=1S/C10H14N4/c1-6(2)9-12-13-10-8(11)4-7(3)5-14(9)10/h4-6H,11H2,1-3H3. The van der Waals surface area contributed by atoms with Gasteiger partial charge in [-0.2, -0.15) is 0 Å². The molecule has 2 aromatic heterocycles. The van der Waals surface area contributed by atoms with E-state index in [0.717, 1.165) is 17.0 Å². The van der Waals surface area contributed by atoms with Crippen molar-refractivity contribution in [2.45, 2.75) is 26.7 Å². The van der Waals surface area contributed by atoms with Crippen LogP contribution in [-0.4, -0.2) is 14.6 Å². The van der Waals surface area contributed by atoms with Crippen LogP contribution in [0.3, 0.4) is 0 Å². The molecule has 4 heteroatoms. The normalized spacial score (nSPS) is 11.4. The van der Waals surface area contributed by atoms with Gasteiger partial charge in [-0.25, -0.2) is 0 Å². The highest BCUT2D eigenvalue weighted by molar-refractivity contribution is 5.65. The molecule has 0 saturated heterocycles. The minimum absolute atomic E-state index is 0.353. The predicted molar refractivity (Wildman–Crippen MR) is 56.2 cm³/mol. The fraction of sp³-hybridized carbons (Fsp3) is 0.400. The van der Waals surface area contributed by atoms with E-state index < -0.39 is 0 Å². The summed E-state index contributed by atoms with van der Waals surface area (Å²) in [6.45, 7) is 6.20. The van der Waals surface area contributed by atoms with E-state index in [4.69, 9.17) is 5.73 Å². The third-order valence-corrected chi connectivity index (χ3v) is 2.21. The Bertz CT molecular complexity index is 470. The molecule has 2 N–H and O–H groups in total. The van der Waals surface area contributed by atoms with Gasteiger partial charge in [0.25, 0.3) is 0 Å². The van der Waals surface area contributed by atoms with E-state index >= 15 is 0 Å². The van der Waals surface area contributed by atoms with Gasteiger partial charge in [0.05, 0.1) is 5.69 Å². The fourth-order valence-electron chi connectivity index (χ4n) is 1.57. The zero-order valence-electron chi connectivity index (χ0n) is 8.65. The van der Waals surface area contributed by atoms with E-state index in [-0.39, 0.29) is 0 Å². The van der Waals surface area contributed by atoms with Gasteiger partial charge in [-0.3, -0.25) is 4.40 Å². The van der Waals surface area contributed by atoms with Crippen LogP contribution in [0.1, 0.15) is 31.2 Å². The Balaban J connectivity index is 2.78. The summed E-state index contributed by atoms with van der Waals surface area (Å²) in [4.78, 5) is 0. The van der Waals surface area contributed by atoms with Crippen LogP contribution >= 0.6 is 0 Å². The Morgan fingerprint density at radius 2 is 2.07 bits per heavy atom. The fourth-order valence-corrected chi connectivity index (χ4v) is 1.57. The largest absolute Gasteiger partial charge is 0.396 e. The first kappa shape index (κ1) is 8.99. The van der Waals surface area contributed by atoms with Crippen molar-refractivity contribution in [3.8, 4) is 0 Å². The van der Waals surface area contributed by atoms with Crippen molar-refractivity contribution in [3.63, 3.8) is 0 Å². The average molecular weight is 190 g/mol. The molecule has 4 nitrogen and oxygen atoms in total. The van der Waals surface area contributed by atoms with E-state index in [1.54, 1.807) is 0 Å². The van der Waals surface area contributed by atoms with Gasteiger partial charge >= 0.3 is 0 Å². The molecule has 0 bridgehead atoms. The lowest BCUT2D eigenvalue weighted by atomic mass is 10.2. The maximum atomic E-state index is 5.85. The number of hydrogen-bond donors (Lipinski definition) is 1. The molecular weight excluding hydrogens is 176 g/mol. The molecule has 0 spiro atoms. The Hall–Kier alpha value is -1.58. The summed E-state index contributed by atoms with van der Waals surface area (Å²) < 4.78 is 1.97. The van der Waals surface area contributed by atoms with Crippen molar-refractivity contribution >= 4 is 11.3 Å². The van der Waals surface area contributed by atoms with Gasteiger partial charge in [0.1, 0.15) is 5.82 Å². The first-order valence-electron chi connectivity index (χ1n) is 4.70. The average Bonchev–Trinajstić information content (AvgIpc) is 2.47. The van der Waals surface area contributed by atoms with Gasteiger partial charge in [-0.05, 0) is 18.6 Å². The SMILES string of the molecule is Cc1cc(N)c2nnc(C(C)C)n2c1. The molecule has 0 aliphatic carbocycles. The van der Waals surface area contributed by atoms with E-state index in [2.05, 4.69) is 24.0 Å². The van der Waals surface area contributed by atoms with Gasteiger partial charge in [0, 0.05) is 12.1 Å². The topological polar surface area (TPSA) is 56.2 Å². The number of pyridine rings is 1. The Labute approximate surface area is 82.8 Å². The second kappa shape index (κ2) is 2.97. The minimum Gasteiger partial charge on any atom is -0.396 e. The molecule has 2 aromatic rings. The number of fused-ring (bicyclic) bond motifs is 1. The summed E-state index contributed by atoms with van der Waals surface area (Å²) in [6.07, 6.45) is 2.01. The zero-order chi connectivity index (χ0) is 10.3. The highest BCUT2D eigenvalue weighted by atomic mass is 15.3. The Kier molecular flexibility index (Phi) is 1.91. The van der Waals surface area contributed by atoms with Gasteiger partial charge in [-0.15, -0.1) is 10.2 Å². The molecular formula is C10H14N4. The van der Waals surface area contributed by atoms with E-state index in [1.807, 2.05) is 23.6 Å². The Morgan fingerprint density at radius 1 is 1.36 bits per heavy atom. The number of aromatic nitrogens is 3. The summed E-state index contributed by atoms with van der Waals surface area (Å²) in [7, 11) is 0. The summed E-state index contributed by atoms with van der Waals surface area (Å²) in [5.41, 5.74) is 8.40. The molecule has 0 saturated carbocycles. The van der Waals surface area contributed by atoms with Crippen molar-refractivity contribution in [2.75, 3.05) is 5.73 Å². The summed E-state index contributed by atoms with van der Waals surface area (Å²) in [6, 6.07) is 1.91. The van der Waals surface area contributed by atoms with Crippen LogP contribution in [0.5, 0.6) is 0 Å². The molecule has 14 heavy (non-hydrogen) atoms. The maximum absolute atomic E-state index is 5.85. The van der Waals surface area contributed by atoms with Crippen molar-refractivity contribution in [3.05, 3.63) is 23.7 Å². The quantitative estimate of drug-likeness (QED) is 0.745. The number of anilines is 1. The monoisotopic (exact) mass is 190 g/mol. The summed E-state index contributed by atoms with van der Waals surface area (Å²) in [5, 5.41) is 8.20. The number of nitrogen functional groups attached to an aromatic ring is 1. The molecule has 0 aliphatic rings. The first-order valence-corrected chi connectivity index (χ1v) is 4.70. The highest BCUT2D eigenvalue weighted by Crippen LogP contribution is 2.18. The minimum atomic E-state index is 0.353. The third kappa shape index (κ3) is 1.23. The summed E-state index contributed by atoms with van der Waals surface area (Å²) >= 11 is 0. The zero-order valence-corrected chi connectivity index (χ0v) is 8.65. The van der Waals surface area contributed by atoms with Crippen molar-refractivity contribution in [1.82, 2.24) is 14.6 Å². The predicted octanol–water partition coefficient (Wildman–Crippen LogP) is 1.74. The maximum Gasteiger partial charge on any atom is 0.184 e. The van der Waals surface area contributed by atoms with Crippen LogP contribution in [0.2, 0.25) is 0 Å². The van der Waals surface area contributed by atoms with Crippen LogP contribution in [0.25, 0.3) is 5.65 Å². The molecule has 0 radical (unpaired) electrons. The molecule has 0 fully saturated rings. The smallest absolute Gasteiger partial charge is 0.184 e. The van der Waals surface area contributed by atoms with Crippen LogP contribution in [0.15, 0.2) is 12.3 Å². The second-order valence-electron chi connectivity index (χ2n) is 3.88. The number of rotatable bonds is 1. The lowest BCUT2D eigenvalue weighted by molar-refractivity contribution is 0.758. The van der Waals surface area contributed by atoms with Gasteiger partial charge in [0.2, 0.25) is 0 Å². The lowest BCUT2D eigenvalue weighted by Crippen LogP contribution is -1.99. The van der Waals surface area contributed by atoms with Crippen LogP contribution in [-0.2, 0) is 0 Å². The van der Waals surface area contributed by atoms with E-state index in [1.165, 1.54) is 0 Å². The number of aryl methyl sites for hydroxylation is 1. The van der Waals surface area contributed by atoms with Crippen LogP contribution in [0, 0.1) is 6.92 Å². The summed E-state index contributed by atoms with van der Waals surface area (Å²) in [5.74, 6) is 1.31. The lowest BCUT2D eigenvalue weighted by Gasteiger charge is -2.04. The molecule has 0 aliphatic heterocycles. The molecule has 0 unspecified atom stereocenters. The molecule has 2 heterocycles. The van der Waals surface area contributed by atoms with Crippen molar-refractivity contribution in [1.29, 1.82) is 0 Å². The molecule has 74 valence electrons. The van der Waals surface area contributed by atoms with Crippen molar-refractivity contribution in [2.24, 2.45) is 0 Å². The molecule has 0 aromatic carbocycles. The Morgan fingerprint density at radius 3 is 2.71 bits per heavy atom. The molecule has 0 atom stereocenters. The number of nitrogens with two attached hydrogens (primary N) is 1. The number of hydrogen-bond acceptors (Lipinski definition) is 3. The molecule has 2 rings (SSSR count). The van der Waals surface area contributed by atoms with Crippen molar-refractivity contribution < 1.29 is 0 Å². The van der Waals surface area contributed by atoms with Crippen LogP contribution in [0.4, 0.5) is 5.69 Å². The molecule has 0 amide bonds. The van der Waals surface area contributed by atoms with Gasteiger partial charge < -0.3 is 5.73 Å². The number of nitrogens with zero attached hydrogens (tertiary/aromatic N) is 3. The van der Waals surface area contributed by atoms with Crippen LogP contribution < -0.4 is 5.73 Å². The second-order valence-corrected chi connectivity index (χ2v) is 3.88. The van der Waals surface area contributed by atoms with Gasteiger partial charge in [-0.1, -0.05) is 13.8 Å². The van der Waals surface area contributed by atoms with E-state index in [9.17, 15) is 0 Å². The van der Waals surface area contributed by atoms with Gasteiger partial charge in [0.15, 0.2) is 5.65 Å². The van der Waals surface area contributed by atoms with E-state index in [0.29, 0.717) is 11.6 Å².